The van der Waals surface area contributed by atoms with Crippen LogP contribution in [-0.2, 0) is 4.79 Å². The van der Waals surface area contributed by atoms with Crippen LogP contribution in [0.2, 0.25) is 0 Å². The molecule has 22 heavy (non-hydrogen) atoms. The zero-order chi connectivity index (χ0) is 15.9. The van der Waals surface area contributed by atoms with Gasteiger partial charge in [0.05, 0.1) is 0 Å². The van der Waals surface area contributed by atoms with Gasteiger partial charge in [0, 0.05) is 17.6 Å². The Morgan fingerprint density at radius 3 is 2.55 bits per heavy atom. The van der Waals surface area contributed by atoms with E-state index in [9.17, 15) is 9.59 Å². The van der Waals surface area contributed by atoms with E-state index in [1.165, 1.54) is 0 Å². The fraction of sp³-hybridized carbons (Fsp3) is 0.188. The number of carbonyl (C=O) groups is 2. The summed E-state index contributed by atoms with van der Waals surface area (Å²) in [5.41, 5.74) is 4.21. The van der Waals surface area contributed by atoms with Crippen molar-refractivity contribution in [1.29, 1.82) is 0 Å². The Balaban J connectivity index is 2.06. The average molecular weight is 296 g/mol. The van der Waals surface area contributed by atoms with Gasteiger partial charge in [0.1, 0.15) is 11.5 Å². The summed E-state index contributed by atoms with van der Waals surface area (Å²) in [6, 6.07) is 5.41. The van der Waals surface area contributed by atoms with Crippen molar-refractivity contribution in [2.45, 2.75) is 20.8 Å². The first-order chi connectivity index (χ1) is 10.5. The summed E-state index contributed by atoms with van der Waals surface area (Å²) >= 11 is 0. The molecule has 0 radical (unpaired) electrons. The van der Waals surface area contributed by atoms with E-state index >= 15 is 0 Å². The highest BCUT2D eigenvalue weighted by Gasteiger charge is 2.23. The molecule has 0 aliphatic carbocycles. The number of nitrogens with one attached hydrogen (secondary N) is 2. The van der Waals surface area contributed by atoms with E-state index in [0.29, 0.717) is 0 Å². The quantitative estimate of drug-likeness (QED) is 0.657. The fourth-order valence-electron chi connectivity index (χ4n) is 2.57. The molecular weight excluding hydrogens is 280 g/mol. The summed E-state index contributed by atoms with van der Waals surface area (Å²) in [7, 11) is 0. The molecule has 1 fully saturated rings. The van der Waals surface area contributed by atoms with Crippen LogP contribution < -0.4 is 10.6 Å². The maximum atomic E-state index is 11.6. The van der Waals surface area contributed by atoms with Gasteiger partial charge in [-0.05, 0) is 56.2 Å². The Kier molecular flexibility index (Phi) is 3.29. The van der Waals surface area contributed by atoms with Crippen LogP contribution in [0.15, 0.2) is 30.1 Å². The van der Waals surface area contributed by atoms with Crippen molar-refractivity contribution in [3.63, 3.8) is 0 Å². The standard InChI is InChI=1S/C16H16N4O2/c1-9-4-5-17-14(6-9)20-10(2)7-12(11(20)3)8-13-15(21)19-16(22)18-13/h4-8H,1-3H3,(H2,18,19,21,22). The number of aryl methyl sites for hydroxylation is 2. The summed E-state index contributed by atoms with van der Waals surface area (Å²) in [5.74, 6) is 0.419. The predicted molar refractivity (Wildman–Crippen MR) is 82.4 cm³/mol. The predicted octanol–water partition coefficient (Wildman–Crippen LogP) is 1.98. The van der Waals surface area contributed by atoms with Gasteiger partial charge in [0.2, 0.25) is 0 Å². The fourth-order valence-corrected chi connectivity index (χ4v) is 2.57. The molecule has 6 nitrogen and oxygen atoms in total. The molecule has 3 rings (SSSR count). The summed E-state index contributed by atoms with van der Waals surface area (Å²) in [6.45, 7) is 5.95. The Morgan fingerprint density at radius 1 is 1.14 bits per heavy atom. The van der Waals surface area contributed by atoms with Gasteiger partial charge in [-0.15, -0.1) is 0 Å². The minimum Gasteiger partial charge on any atom is -0.303 e. The molecule has 2 aromatic rings. The molecule has 0 unspecified atom stereocenters. The third kappa shape index (κ3) is 2.39. The second kappa shape index (κ2) is 5.14. The molecule has 0 aromatic carbocycles. The first-order valence-corrected chi connectivity index (χ1v) is 6.91. The van der Waals surface area contributed by atoms with Crippen LogP contribution in [0.3, 0.4) is 0 Å². The number of imide groups is 1. The SMILES string of the molecule is Cc1ccnc(-n2c(C)cc(C=C3NC(=O)NC3=O)c2C)c1. The smallest absolute Gasteiger partial charge is 0.303 e. The molecular formula is C16H16N4O2. The van der Waals surface area contributed by atoms with Crippen molar-refractivity contribution >= 4 is 18.0 Å². The van der Waals surface area contributed by atoms with Crippen LogP contribution in [0, 0.1) is 20.8 Å². The molecule has 1 aliphatic rings. The van der Waals surface area contributed by atoms with Gasteiger partial charge in [-0.3, -0.25) is 10.1 Å². The van der Waals surface area contributed by atoms with Crippen LogP contribution in [0.1, 0.15) is 22.5 Å². The van der Waals surface area contributed by atoms with Crippen molar-refractivity contribution in [3.05, 3.63) is 52.6 Å². The molecule has 3 heterocycles. The van der Waals surface area contributed by atoms with E-state index in [4.69, 9.17) is 0 Å². The largest absolute Gasteiger partial charge is 0.326 e. The van der Waals surface area contributed by atoms with Gasteiger partial charge in [-0.2, -0.15) is 0 Å². The first-order valence-electron chi connectivity index (χ1n) is 6.91. The van der Waals surface area contributed by atoms with Crippen LogP contribution >= 0.6 is 0 Å². The molecule has 6 heteroatoms. The van der Waals surface area contributed by atoms with Crippen LogP contribution in [0.25, 0.3) is 11.9 Å². The number of rotatable bonds is 2. The number of hydrogen-bond acceptors (Lipinski definition) is 3. The molecule has 3 amide bonds. The van der Waals surface area contributed by atoms with Gasteiger partial charge >= 0.3 is 6.03 Å². The van der Waals surface area contributed by atoms with Gasteiger partial charge < -0.3 is 9.88 Å². The summed E-state index contributed by atoms with van der Waals surface area (Å²) in [4.78, 5) is 27.2. The topological polar surface area (TPSA) is 76.0 Å². The summed E-state index contributed by atoms with van der Waals surface area (Å²) < 4.78 is 2.02. The molecule has 112 valence electrons. The van der Waals surface area contributed by atoms with Crippen molar-refractivity contribution in [1.82, 2.24) is 20.2 Å². The molecule has 1 saturated heterocycles. The summed E-state index contributed by atoms with van der Waals surface area (Å²) in [5, 5.41) is 4.68. The molecule has 2 aromatic heterocycles. The number of hydrogen-bond donors (Lipinski definition) is 2. The van der Waals surface area contributed by atoms with E-state index in [1.54, 1.807) is 12.3 Å². The third-order valence-electron chi connectivity index (χ3n) is 3.62. The van der Waals surface area contributed by atoms with Crippen LogP contribution in [0.5, 0.6) is 0 Å². The lowest BCUT2D eigenvalue weighted by atomic mass is 10.2. The number of amides is 3. The van der Waals surface area contributed by atoms with Crippen molar-refractivity contribution < 1.29 is 9.59 Å². The lowest BCUT2D eigenvalue weighted by Crippen LogP contribution is -2.22. The average Bonchev–Trinajstić information content (AvgIpc) is 2.90. The van der Waals surface area contributed by atoms with Crippen LogP contribution in [0.4, 0.5) is 4.79 Å². The molecule has 1 aliphatic heterocycles. The van der Waals surface area contributed by atoms with Gasteiger partial charge in [-0.25, -0.2) is 9.78 Å². The Morgan fingerprint density at radius 2 is 1.91 bits per heavy atom. The maximum Gasteiger partial charge on any atom is 0.326 e. The van der Waals surface area contributed by atoms with Gasteiger partial charge in [0.25, 0.3) is 5.91 Å². The Labute approximate surface area is 127 Å². The molecule has 0 atom stereocenters. The van der Waals surface area contributed by atoms with E-state index in [2.05, 4.69) is 15.6 Å². The highest BCUT2D eigenvalue weighted by atomic mass is 16.2. The van der Waals surface area contributed by atoms with E-state index in [0.717, 1.165) is 28.3 Å². The van der Waals surface area contributed by atoms with Crippen molar-refractivity contribution in [2.24, 2.45) is 0 Å². The van der Waals surface area contributed by atoms with Gasteiger partial charge in [-0.1, -0.05) is 0 Å². The highest BCUT2D eigenvalue weighted by Crippen LogP contribution is 2.22. The lowest BCUT2D eigenvalue weighted by molar-refractivity contribution is -0.115. The Hall–Kier alpha value is -2.89. The highest BCUT2D eigenvalue weighted by molar-refractivity contribution is 6.14. The molecule has 0 spiro atoms. The maximum absolute atomic E-state index is 11.6. The second-order valence-electron chi connectivity index (χ2n) is 5.32. The van der Waals surface area contributed by atoms with Crippen molar-refractivity contribution in [3.8, 4) is 5.82 Å². The zero-order valence-corrected chi connectivity index (χ0v) is 12.6. The minimum atomic E-state index is -0.495. The minimum absolute atomic E-state index is 0.252. The van der Waals surface area contributed by atoms with E-state index in [1.807, 2.05) is 43.5 Å². The first kappa shape index (κ1) is 14.1. The number of aromatic nitrogens is 2. The van der Waals surface area contributed by atoms with Gasteiger partial charge in [0.15, 0.2) is 0 Å². The zero-order valence-electron chi connectivity index (χ0n) is 12.6. The summed E-state index contributed by atoms with van der Waals surface area (Å²) in [6.07, 6.45) is 3.45. The number of carbonyl (C=O) groups excluding carboxylic acids is 2. The normalized spacial score (nSPS) is 16.0. The third-order valence-corrected chi connectivity index (χ3v) is 3.62. The number of nitrogens with zero attached hydrogens (tertiary/aromatic N) is 2. The Bertz CT molecular complexity index is 818. The van der Waals surface area contributed by atoms with Crippen molar-refractivity contribution in [2.75, 3.05) is 0 Å². The van der Waals surface area contributed by atoms with E-state index in [-0.39, 0.29) is 5.70 Å². The van der Waals surface area contributed by atoms with Crippen LogP contribution in [-0.4, -0.2) is 21.5 Å². The molecule has 0 saturated carbocycles. The molecule has 2 N–H and O–H groups in total. The second-order valence-corrected chi connectivity index (χ2v) is 5.32. The lowest BCUT2D eigenvalue weighted by Gasteiger charge is -2.09. The number of urea groups is 1. The number of pyridine rings is 1. The van der Waals surface area contributed by atoms with E-state index < -0.39 is 11.9 Å². The monoisotopic (exact) mass is 296 g/mol. The molecule has 0 bridgehead atoms.